The van der Waals surface area contributed by atoms with E-state index >= 15 is 0 Å². The maximum atomic E-state index is 12.6. The monoisotopic (exact) mass is 388 g/mol. The molecule has 1 aromatic carbocycles. The van der Waals surface area contributed by atoms with Crippen LogP contribution in [-0.4, -0.2) is 21.7 Å². The zero-order valence-corrected chi connectivity index (χ0v) is 16.2. The molecule has 1 aliphatic carbocycles. The Bertz CT molecular complexity index is 1020. The number of nitrogens with one attached hydrogen (secondary N) is 1. The van der Waals surface area contributed by atoms with E-state index in [1.807, 2.05) is 54.0 Å². The van der Waals surface area contributed by atoms with Gasteiger partial charge in [-0.25, -0.2) is 4.68 Å². The van der Waals surface area contributed by atoms with Gasteiger partial charge in [-0.3, -0.25) is 4.79 Å². The Morgan fingerprint density at radius 1 is 1.21 bits per heavy atom. The summed E-state index contributed by atoms with van der Waals surface area (Å²) in [4.78, 5) is 13.6. The van der Waals surface area contributed by atoms with E-state index in [0.29, 0.717) is 0 Å². The van der Waals surface area contributed by atoms with Crippen LogP contribution in [0.3, 0.4) is 0 Å². The second-order valence-electron chi connectivity index (χ2n) is 6.82. The van der Waals surface area contributed by atoms with Gasteiger partial charge >= 0.3 is 0 Å². The normalized spacial score (nSPS) is 14.8. The van der Waals surface area contributed by atoms with Crippen molar-refractivity contribution in [2.45, 2.75) is 31.7 Å². The highest BCUT2D eigenvalue weighted by Gasteiger charge is 2.20. The second kappa shape index (κ2) is 8.24. The summed E-state index contributed by atoms with van der Waals surface area (Å²) in [6, 6.07) is 16.0. The molecule has 0 bridgehead atoms. The van der Waals surface area contributed by atoms with Gasteiger partial charge in [0.1, 0.15) is 17.3 Å². The Morgan fingerprint density at radius 3 is 2.68 bits per heavy atom. The number of carbonyl (C=O) groups is 1. The van der Waals surface area contributed by atoms with Crippen molar-refractivity contribution in [3.8, 4) is 22.3 Å². The molecule has 2 heterocycles. The summed E-state index contributed by atoms with van der Waals surface area (Å²) in [7, 11) is 0. The topological polar surface area (TPSA) is 70.7 Å². The predicted octanol–water partition coefficient (Wildman–Crippen LogP) is 4.57. The SMILES string of the molecule is N#C/C(=C\c1cn(-c2ccccc2)nc1-c1cccs1)C(=O)NC1CCCC1. The third kappa shape index (κ3) is 3.90. The molecule has 0 aliphatic heterocycles. The molecule has 1 N–H and O–H groups in total. The van der Waals surface area contributed by atoms with Gasteiger partial charge in [0.2, 0.25) is 0 Å². The van der Waals surface area contributed by atoms with Gasteiger partial charge in [0.05, 0.1) is 10.6 Å². The fraction of sp³-hybridized carbons (Fsp3) is 0.227. The molecule has 1 amide bonds. The fourth-order valence-corrected chi connectivity index (χ4v) is 4.18. The molecular weight excluding hydrogens is 368 g/mol. The number of para-hydroxylation sites is 1. The van der Waals surface area contributed by atoms with Crippen LogP contribution >= 0.6 is 11.3 Å². The minimum absolute atomic E-state index is 0.109. The van der Waals surface area contributed by atoms with Gasteiger partial charge in [0.25, 0.3) is 5.91 Å². The minimum Gasteiger partial charge on any atom is -0.349 e. The molecule has 1 saturated carbocycles. The lowest BCUT2D eigenvalue weighted by Gasteiger charge is -2.10. The van der Waals surface area contributed by atoms with Crippen LogP contribution in [0.25, 0.3) is 22.3 Å². The summed E-state index contributed by atoms with van der Waals surface area (Å²) >= 11 is 1.58. The lowest BCUT2D eigenvalue weighted by molar-refractivity contribution is -0.117. The summed E-state index contributed by atoms with van der Waals surface area (Å²) in [6.07, 6.45) is 7.73. The molecule has 1 fully saturated rings. The van der Waals surface area contributed by atoms with E-state index in [9.17, 15) is 10.1 Å². The third-order valence-electron chi connectivity index (χ3n) is 4.87. The molecule has 1 aliphatic rings. The van der Waals surface area contributed by atoms with E-state index in [0.717, 1.165) is 47.5 Å². The zero-order chi connectivity index (χ0) is 19.3. The molecule has 0 radical (unpaired) electrons. The molecule has 0 spiro atoms. The van der Waals surface area contributed by atoms with Gasteiger partial charge in [-0.2, -0.15) is 10.4 Å². The van der Waals surface area contributed by atoms with Crippen LogP contribution in [0.15, 0.2) is 59.6 Å². The van der Waals surface area contributed by atoms with E-state index in [1.54, 1.807) is 22.1 Å². The second-order valence-corrected chi connectivity index (χ2v) is 7.76. The average molecular weight is 388 g/mol. The van der Waals surface area contributed by atoms with Gasteiger partial charge in [0.15, 0.2) is 0 Å². The lowest BCUT2D eigenvalue weighted by Crippen LogP contribution is -2.33. The van der Waals surface area contributed by atoms with Crippen molar-refractivity contribution in [3.05, 3.63) is 65.2 Å². The number of benzene rings is 1. The van der Waals surface area contributed by atoms with E-state index < -0.39 is 0 Å². The first kappa shape index (κ1) is 18.2. The lowest BCUT2D eigenvalue weighted by atomic mass is 10.1. The first-order chi connectivity index (χ1) is 13.7. The predicted molar refractivity (Wildman–Crippen MR) is 111 cm³/mol. The number of thiophene rings is 1. The Hall–Kier alpha value is -3.17. The van der Waals surface area contributed by atoms with Crippen LogP contribution in [0.4, 0.5) is 0 Å². The highest BCUT2D eigenvalue weighted by molar-refractivity contribution is 7.13. The highest BCUT2D eigenvalue weighted by Crippen LogP contribution is 2.29. The number of carbonyl (C=O) groups excluding carboxylic acids is 1. The zero-order valence-electron chi connectivity index (χ0n) is 15.3. The number of aromatic nitrogens is 2. The summed E-state index contributed by atoms with van der Waals surface area (Å²) in [5, 5.41) is 19.3. The quantitative estimate of drug-likeness (QED) is 0.514. The van der Waals surface area contributed by atoms with Gasteiger partial charge in [0, 0.05) is 17.8 Å². The fourth-order valence-electron chi connectivity index (χ4n) is 3.45. The maximum Gasteiger partial charge on any atom is 0.262 e. The average Bonchev–Trinajstić information content (AvgIpc) is 3.48. The molecule has 5 nitrogen and oxygen atoms in total. The Morgan fingerprint density at radius 2 is 2.00 bits per heavy atom. The van der Waals surface area contributed by atoms with Crippen LogP contribution in [0.1, 0.15) is 31.2 Å². The van der Waals surface area contributed by atoms with Crippen molar-refractivity contribution in [1.82, 2.24) is 15.1 Å². The first-order valence-corrected chi connectivity index (χ1v) is 10.2. The largest absolute Gasteiger partial charge is 0.349 e. The van der Waals surface area contributed by atoms with Crippen molar-refractivity contribution in [1.29, 1.82) is 5.26 Å². The summed E-state index contributed by atoms with van der Waals surface area (Å²) < 4.78 is 1.78. The number of hydrogen-bond acceptors (Lipinski definition) is 4. The van der Waals surface area contributed by atoms with Crippen LogP contribution in [0, 0.1) is 11.3 Å². The molecule has 0 saturated heterocycles. The summed E-state index contributed by atoms with van der Waals surface area (Å²) in [6.45, 7) is 0. The first-order valence-electron chi connectivity index (χ1n) is 9.36. The Balaban J connectivity index is 1.70. The van der Waals surface area contributed by atoms with Crippen molar-refractivity contribution in [2.24, 2.45) is 0 Å². The number of nitriles is 1. The van der Waals surface area contributed by atoms with E-state index in [2.05, 4.69) is 11.4 Å². The molecule has 140 valence electrons. The van der Waals surface area contributed by atoms with Crippen molar-refractivity contribution < 1.29 is 4.79 Å². The van der Waals surface area contributed by atoms with E-state index in [-0.39, 0.29) is 17.5 Å². The maximum absolute atomic E-state index is 12.6. The number of hydrogen-bond donors (Lipinski definition) is 1. The molecule has 0 unspecified atom stereocenters. The summed E-state index contributed by atoms with van der Waals surface area (Å²) in [5.41, 5.74) is 2.55. The third-order valence-corrected chi connectivity index (χ3v) is 5.75. The number of nitrogens with zero attached hydrogens (tertiary/aromatic N) is 3. The highest BCUT2D eigenvalue weighted by atomic mass is 32.1. The van der Waals surface area contributed by atoms with E-state index in [1.165, 1.54) is 0 Å². The number of amides is 1. The summed E-state index contributed by atoms with van der Waals surface area (Å²) in [5.74, 6) is -0.306. The standard InChI is InChI=1S/C22H20N4OS/c23-14-16(22(27)24-18-7-4-5-8-18)13-17-15-26(19-9-2-1-3-10-19)25-21(17)20-11-6-12-28-20/h1-3,6,9-13,15,18H,4-5,7-8H2,(H,24,27)/b16-13+. The van der Waals surface area contributed by atoms with Crippen LogP contribution in [0.2, 0.25) is 0 Å². The molecule has 0 atom stereocenters. The number of rotatable bonds is 5. The van der Waals surface area contributed by atoms with Gasteiger partial charge in [-0.05, 0) is 42.5 Å². The Labute approximate surface area is 167 Å². The molecule has 3 aromatic rings. The van der Waals surface area contributed by atoms with Gasteiger partial charge in [-0.1, -0.05) is 37.1 Å². The molecule has 2 aromatic heterocycles. The minimum atomic E-state index is -0.306. The molecular formula is C22H20N4OS. The van der Waals surface area contributed by atoms with Crippen molar-refractivity contribution >= 4 is 23.3 Å². The van der Waals surface area contributed by atoms with Crippen LogP contribution in [0.5, 0.6) is 0 Å². The Kier molecular flexibility index (Phi) is 5.36. The molecule has 4 rings (SSSR count). The van der Waals surface area contributed by atoms with Crippen LogP contribution < -0.4 is 5.32 Å². The van der Waals surface area contributed by atoms with Crippen LogP contribution in [-0.2, 0) is 4.79 Å². The smallest absolute Gasteiger partial charge is 0.262 e. The molecule has 6 heteroatoms. The molecule has 28 heavy (non-hydrogen) atoms. The van der Waals surface area contributed by atoms with Crippen molar-refractivity contribution in [2.75, 3.05) is 0 Å². The van der Waals surface area contributed by atoms with Gasteiger partial charge < -0.3 is 5.32 Å². The van der Waals surface area contributed by atoms with Gasteiger partial charge in [-0.15, -0.1) is 11.3 Å². The van der Waals surface area contributed by atoms with E-state index in [4.69, 9.17) is 5.10 Å². The van der Waals surface area contributed by atoms with Crippen molar-refractivity contribution in [3.63, 3.8) is 0 Å².